The van der Waals surface area contributed by atoms with Crippen LogP contribution in [0.1, 0.15) is 28.4 Å². The van der Waals surface area contributed by atoms with Crippen LogP contribution in [0.3, 0.4) is 0 Å². The summed E-state index contributed by atoms with van der Waals surface area (Å²) in [6, 6.07) is 13.0. The van der Waals surface area contributed by atoms with Crippen molar-refractivity contribution in [2.24, 2.45) is 5.10 Å². The van der Waals surface area contributed by atoms with Crippen LogP contribution in [-0.2, 0) is 0 Å². The molecule has 0 heterocycles. The summed E-state index contributed by atoms with van der Waals surface area (Å²) in [5.41, 5.74) is 5.60. The molecule has 0 saturated carbocycles. The molecule has 1 amide bonds. The Labute approximate surface area is 137 Å². The molecule has 3 nitrogen and oxygen atoms in total. The molecule has 0 atom stereocenters. The highest BCUT2D eigenvalue weighted by Gasteiger charge is 2.09. The standard InChI is InChI=1S/C16H14BrClN2O/c1-10-3-8-14(15(18)9-10)16(21)20-19-11(2)12-4-6-13(17)7-5-12/h3-9H,1-2H3,(H,20,21)/b19-11-. The van der Waals surface area contributed by atoms with E-state index in [4.69, 9.17) is 11.6 Å². The van der Waals surface area contributed by atoms with Crippen molar-refractivity contribution in [1.29, 1.82) is 0 Å². The topological polar surface area (TPSA) is 41.5 Å². The van der Waals surface area contributed by atoms with Gasteiger partial charge < -0.3 is 0 Å². The van der Waals surface area contributed by atoms with E-state index < -0.39 is 0 Å². The van der Waals surface area contributed by atoms with Gasteiger partial charge in [0.15, 0.2) is 0 Å². The van der Waals surface area contributed by atoms with E-state index in [-0.39, 0.29) is 5.91 Å². The van der Waals surface area contributed by atoms with Crippen molar-refractivity contribution in [3.63, 3.8) is 0 Å². The number of benzene rings is 2. The predicted molar refractivity (Wildman–Crippen MR) is 90.0 cm³/mol. The fraction of sp³-hybridized carbons (Fsp3) is 0.125. The summed E-state index contributed by atoms with van der Waals surface area (Å²) in [6.45, 7) is 3.75. The first kappa shape index (κ1) is 15.7. The fourth-order valence-electron chi connectivity index (χ4n) is 1.75. The number of amides is 1. The Kier molecular flexibility index (Phi) is 5.15. The van der Waals surface area contributed by atoms with Gasteiger partial charge in [-0.25, -0.2) is 5.43 Å². The summed E-state index contributed by atoms with van der Waals surface area (Å²) in [7, 11) is 0. The first-order valence-corrected chi connectivity index (χ1v) is 7.51. The second-order valence-corrected chi connectivity index (χ2v) is 5.95. The summed E-state index contributed by atoms with van der Waals surface area (Å²) in [5, 5.41) is 4.53. The zero-order chi connectivity index (χ0) is 15.4. The van der Waals surface area contributed by atoms with Crippen LogP contribution in [0.15, 0.2) is 52.0 Å². The molecule has 2 aromatic rings. The zero-order valence-electron chi connectivity index (χ0n) is 11.7. The fourth-order valence-corrected chi connectivity index (χ4v) is 2.34. The average Bonchev–Trinajstić information content (AvgIpc) is 2.45. The van der Waals surface area contributed by atoms with Gasteiger partial charge in [0, 0.05) is 4.47 Å². The molecule has 1 N–H and O–H groups in total. The van der Waals surface area contributed by atoms with Gasteiger partial charge in [-0.05, 0) is 49.2 Å². The molecule has 0 unspecified atom stereocenters. The summed E-state index contributed by atoms with van der Waals surface area (Å²) in [5.74, 6) is -0.323. The molecule has 0 fully saturated rings. The summed E-state index contributed by atoms with van der Waals surface area (Å²) < 4.78 is 0.995. The number of aryl methyl sites for hydroxylation is 1. The third-order valence-electron chi connectivity index (χ3n) is 2.96. The molecule has 2 rings (SSSR count). The van der Waals surface area contributed by atoms with E-state index in [0.29, 0.717) is 10.6 Å². The Bertz CT molecular complexity index is 696. The number of hydrogen-bond acceptors (Lipinski definition) is 2. The minimum absolute atomic E-state index is 0.323. The maximum absolute atomic E-state index is 12.1. The quantitative estimate of drug-likeness (QED) is 0.628. The van der Waals surface area contributed by atoms with Gasteiger partial charge >= 0.3 is 0 Å². The Morgan fingerprint density at radius 2 is 1.86 bits per heavy atom. The molecule has 0 saturated heterocycles. The summed E-state index contributed by atoms with van der Waals surface area (Å²) in [4.78, 5) is 12.1. The molecular formula is C16H14BrClN2O. The molecule has 0 aliphatic rings. The van der Waals surface area contributed by atoms with Crippen LogP contribution >= 0.6 is 27.5 Å². The monoisotopic (exact) mass is 364 g/mol. The average molecular weight is 366 g/mol. The Morgan fingerprint density at radius 3 is 2.48 bits per heavy atom. The van der Waals surface area contributed by atoms with Gasteiger partial charge in [0.2, 0.25) is 0 Å². The third kappa shape index (κ3) is 4.16. The van der Waals surface area contributed by atoms with Crippen LogP contribution < -0.4 is 5.43 Å². The first-order chi connectivity index (χ1) is 9.97. The van der Waals surface area contributed by atoms with E-state index in [9.17, 15) is 4.79 Å². The van der Waals surface area contributed by atoms with E-state index in [1.165, 1.54) is 0 Å². The Balaban J connectivity index is 2.12. The second kappa shape index (κ2) is 6.87. The second-order valence-electron chi connectivity index (χ2n) is 4.63. The third-order valence-corrected chi connectivity index (χ3v) is 3.80. The summed E-state index contributed by atoms with van der Waals surface area (Å²) in [6.07, 6.45) is 0. The van der Waals surface area contributed by atoms with E-state index in [1.54, 1.807) is 12.1 Å². The van der Waals surface area contributed by atoms with Crippen LogP contribution in [0.2, 0.25) is 5.02 Å². The van der Waals surface area contributed by atoms with E-state index in [1.807, 2.05) is 44.2 Å². The molecule has 0 bridgehead atoms. The van der Waals surface area contributed by atoms with Gasteiger partial charge in [-0.15, -0.1) is 0 Å². The van der Waals surface area contributed by atoms with Crippen molar-refractivity contribution in [1.82, 2.24) is 5.43 Å². The Hall–Kier alpha value is -1.65. The normalized spacial score (nSPS) is 11.3. The van der Waals surface area contributed by atoms with Crippen LogP contribution in [0.5, 0.6) is 0 Å². The van der Waals surface area contributed by atoms with Gasteiger partial charge in [0.05, 0.1) is 16.3 Å². The lowest BCUT2D eigenvalue weighted by Crippen LogP contribution is -2.19. The molecular weight excluding hydrogens is 352 g/mol. The van der Waals surface area contributed by atoms with Crippen molar-refractivity contribution in [3.05, 3.63) is 68.7 Å². The molecule has 21 heavy (non-hydrogen) atoms. The number of nitrogens with one attached hydrogen (secondary N) is 1. The van der Waals surface area contributed by atoms with Gasteiger partial charge in [-0.2, -0.15) is 5.10 Å². The Morgan fingerprint density at radius 1 is 1.19 bits per heavy atom. The van der Waals surface area contributed by atoms with Crippen LogP contribution in [-0.4, -0.2) is 11.6 Å². The zero-order valence-corrected chi connectivity index (χ0v) is 14.0. The number of halogens is 2. The van der Waals surface area contributed by atoms with Gasteiger partial charge in [-0.3, -0.25) is 4.79 Å². The smallest absolute Gasteiger partial charge is 0.267 e. The number of hydrazone groups is 1. The maximum Gasteiger partial charge on any atom is 0.272 e. The molecule has 0 aliphatic heterocycles. The molecule has 5 heteroatoms. The lowest BCUT2D eigenvalue weighted by atomic mass is 10.1. The van der Waals surface area contributed by atoms with Crippen molar-refractivity contribution < 1.29 is 4.79 Å². The minimum atomic E-state index is -0.323. The highest BCUT2D eigenvalue weighted by atomic mass is 79.9. The lowest BCUT2D eigenvalue weighted by Gasteiger charge is -2.05. The molecule has 0 aromatic heterocycles. The maximum atomic E-state index is 12.1. The van der Waals surface area contributed by atoms with Crippen LogP contribution in [0, 0.1) is 6.92 Å². The van der Waals surface area contributed by atoms with Crippen molar-refractivity contribution in [2.75, 3.05) is 0 Å². The molecule has 0 radical (unpaired) electrons. The van der Waals surface area contributed by atoms with Crippen molar-refractivity contribution in [2.45, 2.75) is 13.8 Å². The van der Waals surface area contributed by atoms with Gasteiger partial charge in [0.1, 0.15) is 0 Å². The molecule has 0 aliphatic carbocycles. The van der Waals surface area contributed by atoms with E-state index in [0.717, 1.165) is 21.3 Å². The van der Waals surface area contributed by atoms with Crippen LogP contribution in [0.4, 0.5) is 0 Å². The number of carbonyl (C=O) groups excluding carboxylic acids is 1. The minimum Gasteiger partial charge on any atom is -0.267 e. The molecule has 2 aromatic carbocycles. The van der Waals surface area contributed by atoms with Crippen molar-refractivity contribution in [3.8, 4) is 0 Å². The number of carbonyl (C=O) groups is 1. The highest BCUT2D eigenvalue weighted by Crippen LogP contribution is 2.17. The predicted octanol–water partition coefficient (Wildman–Crippen LogP) is 4.56. The molecule has 0 spiro atoms. The number of hydrogen-bond donors (Lipinski definition) is 1. The van der Waals surface area contributed by atoms with E-state index in [2.05, 4.69) is 26.5 Å². The summed E-state index contributed by atoms with van der Waals surface area (Å²) >= 11 is 9.44. The first-order valence-electron chi connectivity index (χ1n) is 6.34. The highest BCUT2D eigenvalue weighted by molar-refractivity contribution is 9.10. The largest absolute Gasteiger partial charge is 0.272 e. The van der Waals surface area contributed by atoms with Crippen LogP contribution in [0.25, 0.3) is 0 Å². The number of rotatable bonds is 3. The molecule has 108 valence electrons. The number of nitrogens with zero attached hydrogens (tertiary/aromatic N) is 1. The van der Waals surface area contributed by atoms with Gasteiger partial charge in [-0.1, -0.05) is 45.7 Å². The van der Waals surface area contributed by atoms with Gasteiger partial charge in [0.25, 0.3) is 5.91 Å². The van der Waals surface area contributed by atoms with E-state index >= 15 is 0 Å². The SMILES string of the molecule is C/C(=N/NC(=O)c1ccc(C)cc1Cl)c1ccc(Br)cc1. The van der Waals surface area contributed by atoms with Crippen molar-refractivity contribution >= 4 is 39.1 Å². The lowest BCUT2D eigenvalue weighted by molar-refractivity contribution is 0.0955.